The molecular weight excluding hydrogens is 312 g/mol. The maximum Gasteiger partial charge on any atom is 0.267 e. The molecule has 1 aliphatic rings. The summed E-state index contributed by atoms with van der Waals surface area (Å²) in [7, 11) is 0. The van der Waals surface area contributed by atoms with Gasteiger partial charge in [0.1, 0.15) is 0 Å². The van der Waals surface area contributed by atoms with E-state index < -0.39 is 5.91 Å². The van der Waals surface area contributed by atoms with Gasteiger partial charge in [0.15, 0.2) is 0 Å². The Kier molecular flexibility index (Phi) is 5.64. The Morgan fingerprint density at radius 2 is 2.04 bits per heavy atom. The fraction of sp³-hybridized carbons (Fsp3) is 0.286. The molecule has 0 saturated heterocycles. The van der Waals surface area contributed by atoms with E-state index >= 15 is 0 Å². The second-order valence-corrected chi connectivity index (χ2v) is 6.55. The standard InChI is InChI=1S/C21H24N2O2/c1-15-2-4-16(5-3-15)12-13-22-20-10-8-18-14-17(6-9-19(18)20)7-11-21(24)23-25/h2-7,9,11,14,20,22,25H,8,10,12-13H2,1H3,(H,23,24)/b11-7+. The maximum absolute atomic E-state index is 11.1. The van der Waals surface area contributed by atoms with Crippen molar-refractivity contribution in [2.45, 2.75) is 32.2 Å². The van der Waals surface area contributed by atoms with E-state index in [-0.39, 0.29) is 0 Å². The lowest BCUT2D eigenvalue weighted by Gasteiger charge is -2.14. The zero-order valence-electron chi connectivity index (χ0n) is 14.5. The highest BCUT2D eigenvalue weighted by molar-refractivity contribution is 5.90. The van der Waals surface area contributed by atoms with E-state index in [4.69, 9.17) is 5.21 Å². The van der Waals surface area contributed by atoms with Crippen LogP contribution in [0.4, 0.5) is 0 Å². The predicted molar refractivity (Wildman–Crippen MR) is 99.4 cm³/mol. The summed E-state index contributed by atoms with van der Waals surface area (Å²) in [6.45, 7) is 3.07. The Labute approximate surface area is 148 Å². The van der Waals surface area contributed by atoms with Gasteiger partial charge in [0, 0.05) is 12.1 Å². The zero-order chi connectivity index (χ0) is 17.6. The molecule has 0 fully saturated rings. The highest BCUT2D eigenvalue weighted by Gasteiger charge is 2.21. The van der Waals surface area contributed by atoms with Crippen molar-refractivity contribution in [3.8, 4) is 0 Å². The minimum absolute atomic E-state index is 0.402. The van der Waals surface area contributed by atoms with Crippen LogP contribution in [-0.2, 0) is 17.6 Å². The molecule has 3 N–H and O–H groups in total. The van der Waals surface area contributed by atoms with Gasteiger partial charge in [0.05, 0.1) is 0 Å². The van der Waals surface area contributed by atoms with Gasteiger partial charge in [-0.1, -0.05) is 48.0 Å². The van der Waals surface area contributed by atoms with Crippen LogP contribution in [-0.4, -0.2) is 17.7 Å². The number of hydroxylamine groups is 1. The van der Waals surface area contributed by atoms with Gasteiger partial charge in [0.25, 0.3) is 5.91 Å². The number of fused-ring (bicyclic) bond motifs is 1. The lowest BCUT2D eigenvalue weighted by atomic mass is 10.0. The smallest absolute Gasteiger partial charge is 0.267 e. The molecule has 2 aromatic carbocycles. The molecule has 0 heterocycles. The van der Waals surface area contributed by atoms with Crippen molar-refractivity contribution in [1.29, 1.82) is 0 Å². The molecule has 0 saturated carbocycles. The molecule has 1 aliphatic carbocycles. The van der Waals surface area contributed by atoms with E-state index in [1.807, 2.05) is 6.07 Å². The van der Waals surface area contributed by atoms with E-state index in [0.29, 0.717) is 6.04 Å². The first-order valence-electron chi connectivity index (χ1n) is 8.69. The first kappa shape index (κ1) is 17.4. The lowest BCUT2D eigenvalue weighted by molar-refractivity contribution is -0.124. The van der Waals surface area contributed by atoms with Gasteiger partial charge >= 0.3 is 0 Å². The van der Waals surface area contributed by atoms with Crippen LogP contribution in [0.3, 0.4) is 0 Å². The van der Waals surface area contributed by atoms with Gasteiger partial charge in [0.2, 0.25) is 0 Å². The molecule has 0 aliphatic heterocycles. The molecule has 4 heteroatoms. The monoisotopic (exact) mass is 336 g/mol. The molecule has 4 nitrogen and oxygen atoms in total. The summed E-state index contributed by atoms with van der Waals surface area (Å²) in [5.41, 5.74) is 7.91. The van der Waals surface area contributed by atoms with Crippen molar-refractivity contribution in [3.05, 3.63) is 76.4 Å². The van der Waals surface area contributed by atoms with Crippen LogP contribution in [0.2, 0.25) is 0 Å². The maximum atomic E-state index is 11.1. The van der Waals surface area contributed by atoms with Gasteiger partial charge in [-0.15, -0.1) is 0 Å². The molecule has 0 bridgehead atoms. The number of carbonyl (C=O) groups is 1. The number of amides is 1. The van der Waals surface area contributed by atoms with E-state index in [1.54, 1.807) is 11.6 Å². The molecule has 0 spiro atoms. The minimum Gasteiger partial charge on any atom is -0.310 e. The molecule has 0 aromatic heterocycles. The van der Waals surface area contributed by atoms with Crippen molar-refractivity contribution in [1.82, 2.24) is 10.8 Å². The van der Waals surface area contributed by atoms with Crippen LogP contribution in [0, 0.1) is 6.92 Å². The number of carbonyl (C=O) groups excluding carboxylic acids is 1. The fourth-order valence-electron chi connectivity index (χ4n) is 3.31. The second-order valence-electron chi connectivity index (χ2n) is 6.55. The van der Waals surface area contributed by atoms with Crippen molar-refractivity contribution in [3.63, 3.8) is 0 Å². The number of nitrogens with one attached hydrogen (secondary N) is 2. The van der Waals surface area contributed by atoms with Crippen molar-refractivity contribution < 1.29 is 10.0 Å². The van der Waals surface area contributed by atoms with E-state index in [9.17, 15) is 4.79 Å². The normalized spacial score (nSPS) is 16.2. The number of benzene rings is 2. The van der Waals surface area contributed by atoms with Crippen LogP contribution in [0.5, 0.6) is 0 Å². The highest BCUT2D eigenvalue weighted by Crippen LogP contribution is 2.32. The SMILES string of the molecule is Cc1ccc(CCNC2CCc3cc(/C=C/C(=O)NO)ccc32)cc1. The largest absolute Gasteiger partial charge is 0.310 e. The Morgan fingerprint density at radius 1 is 1.24 bits per heavy atom. The Bertz CT molecular complexity index is 766. The van der Waals surface area contributed by atoms with Crippen molar-refractivity contribution >= 4 is 12.0 Å². The summed E-state index contributed by atoms with van der Waals surface area (Å²) in [6.07, 6.45) is 6.22. The van der Waals surface area contributed by atoms with E-state index in [2.05, 4.69) is 48.6 Å². The summed E-state index contributed by atoms with van der Waals surface area (Å²) in [4.78, 5) is 11.1. The van der Waals surface area contributed by atoms with Gasteiger partial charge in [-0.05, 0) is 61.1 Å². The summed E-state index contributed by atoms with van der Waals surface area (Å²) in [5.74, 6) is -0.517. The van der Waals surface area contributed by atoms with Crippen LogP contribution >= 0.6 is 0 Å². The number of hydrogen-bond donors (Lipinski definition) is 3. The van der Waals surface area contributed by atoms with Crippen molar-refractivity contribution in [2.75, 3.05) is 6.54 Å². The van der Waals surface area contributed by atoms with Gasteiger partial charge in [-0.25, -0.2) is 5.48 Å². The Hall–Kier alpha value is -2.43. The third-order valence-corrected chi connectivity index (χ3v) is 4.71. The molecule has 0 radical (unpaired) electrons. The van der Waals surface area contributed by atoms with Crippen LogP contribution in [0.1, 0.15) is 40.3 Å². The Morgan fingerprint density at radius 3 is 2.80 bits per heavy atom. The molecule has 1 unspecified atom stereocenters. The summed E-state index contributed by atoms with van der Waals surface area (Å²) in [5, 5.41) is 12.2. The minimum atomic E-state index is -0.517. The summed E-state index contributed by atoms with van der Waals surface area (Å²) >= 11 is 0. The predicted octanol–water partition coefficient (Wildman–Crippen LogP) is 3.33. The fourth-order valence-corrected chi connectivity index (χ4v) is 3.31. The third kappa shape index (κ3) is 4.56. The number of hydrogen-bond acceptors (Lipinski definition) is 3. The molecule has 3 rings (SSSR count). The summed E-state index contributed by atoms with van der Waals surface area (Å²) in [6, 6.07) is 15.4. The molecule has 2 aromatic rings. The quantitative estimate of drug-likeness (QED) is 0.431. The van der Waals surface area contributed by atoms with Gasteiger partial charge in [-0.2, -0.15) is 0 Å². The van der Waals surface area contributed by atoms with E-state index in [1.165, 1.54) is 28.3 Å². The first-order valence-corrected chi connectivity index (χ1v) is 8.69. The van der Waals surface area contributed by atoms with Crippen LogP contribution in [0.25, 0.3) is 6.08 Å². The van der Waals surface area contributed by atoms with Crippen LogP contribution < -0.4 is 10.8 Å². The average Bonchev–Trinajstić information content (AvgIpc) is 3.03. The Balaban J connectivity index is 1.57. The van der Waals surface area contributed by atoms with Gasteiger partial charge in [-0.3, -0.25) is 10.0 Å². The molecule has 25 heavy (non-hydrogen) atoms. The average molecular weight is 336 g/mol. The topological polar surface area (TPSA) is 61.4 Å². The molecule has 1 amide bonds. The first-order chi connectivity index (χ1) is 12.2. The molecular formula is C21H24N2O2. The zero-order valence-corrected chi connectivity index (χ0v) is 14.5. The van der Waals surface area contributed by atoms with Gasteiger partial charge < -0.3 is 5.32 Å². The van der Waals surface area contributed by atoms with E-state index in [0.717, 1.165) is 31.4 Å². The summed E-state index contributed by atoms with van der Waals surface area (Å²) < 4.78 is 0. The van der Waals surface area contributed by atoms with Crippen molar-refractivity contribution in [2.24, 2.45) is 0 Å². The number of aryl methyl sites for hydroxylation is 2. The lowest BCUT2D eigenvalue weighted by Crippen LogP contribution is -2.21. The highest BCUT2D eigenvalue weighted by atomic mass is 16.5. The van der Waals surface area contributed by atoms with Crippen LogP contribution in [0.15, 0.2) is 48.5 Å². The second kappa shape index (κ2) is 8.10. The number of rotatable bonds is 6. The molecule has 130 valence electrons. The molecule has 1 atom stereocenters. The third-order valence-electron chi connectivity index (χ3n) is 4.71.